The highest BCUT2D eigenvalue weighted by molar-refractivity contribution is 6.19. The van der Waals surface area contributed by atoms with Crippen molar-refractivity contribution in [2.45, 2.75) is 25.7 Å². The van der Waals surface area contributed by atoms with E-state index in [2.05, 4.69) is 45.5 Å². The Labute approximate surface area is 195 Å². The van der Waals surface area contributed by atoms with Crippen LogP contribution in [0.4, 0.5) is 8.78 Å². The van der Waals surface area contributed by atoms with E-state index in [1.54, 1.807) is 0 Å². The lowest BCUT2D eigenvalue weighted by atomic mass is 9.94. The third-order valence-electron chi connectivity index (χ3n) is 7.24. The first-order valence-electron chi connectivity index (χ1n) is 11.8. The highest BCUT2D eigenvalue weighted by atomic mass is 19.1. The Bertz CT molecular complexity index is 1700. The van der Waals surface area contributed by atoms with Gasteiger partial charge in [0.1, 0.15) is 11.6 Å². The minimum Gasteiger partial charge on any atom is -0.313 e. The van der Waals surface area contributed by atoms with E-state index >= 15 is 0 Å². The van der Waals surface area contributed by atoms with Gasteiger partial charge in [0.15, 0.2) is 0 Å². The number of nitrogens with zero attached hydrogens (tertiary/aromatic N) is 2. The fourth-order valence-corrected chi connectivity index (χ4v) is 5.83. The fourth-order valence-electron chi connectivity index (χ4n) is 5.83. The van der Waals surface area contributed by atoms with Gasteiger partial charge < -0.3 is 9.13 Å². The van der Waals surface area contributed by atoms with Crippen LogP contribution in [0.2, 0.25) is 0 Å². The zero-order valence-electron chi connectivity index (χ0n) is 18.6. The molecule has 0 atom stereocenters. The van der Waals surface area contributed by atoms with Crippen molar-refractivity contribution in [3.05, 3.63) is 108 Å². The van der Waals surface area contributed by atoms with Crippen LogP contribution in [0.1, 0.15) is 24.1 Å². The minimum absolute atomic E-state index is 0.229. The highest BCUT2D eigenvalue weighted by Crippen LogP contribution is 2.42. The van der Waals surface area contributed by atoms with Crippen LogP contribution in [0.25, 0.3) is 44.1 Å². The largest absolute Gasteiger partial charge is 0.313 e. The second kappa shape index (κ2) is 7.29. The zero-order valence-corrected chi connectivity index (χ0v) is 18.6. The first-order chi connectivity index (χ1) is 16.7. The Balaban J connectivity index is 1.68. The van der Waals surface area contributed by atoms with Gasteiger partial charge in [-0.05, 0) is 91.9 Å². The van der Waals surface area contributed by atoms with E-state index in [9.17, 15) is 8.78 Å². The smallest absolute Gasteiger partial charge is 0.123 e. The van der Waals surface area contributed by atoms with Gasteiger partial charge in [0.05, 0.1) is 16.6 Å². The standard InChI is InChI=1S/C30H22F2N2/c31-19-9-13-21(14-10-19)33-27-8-4-2-6-25(27)29-28(33)18-17-24-23-5-1-3-7-26(23)34(30(24)29)22-15-11-20(32)12-16-22/h1,3,5,7,9-18H,2,4,6,8H2. The summed E-state index contributed by atoms with van der Waals surface area (Å²) in [6.45, 7) is 0. The molecule has 0 saturated heterocycles. The number of para-hydroxylation sites is 1. The van der Waals surface area contributed by atoms with Crippen LogP contribution in [0.5, 0.6) is 0 Å². The lowest BCUT2D eigenvalue weighted by Crippen LogP contribution is -2.06. The third-order valence-corrected chi connectivity index (χ3v) is 7.24. The van der Waals surface area contributed by atoms with Gasteiger partial charge in [0, 0.05) is 33.2 Å². The molecule has 0 unspecified atom stereocenters. The molecule has 0 radical (unpaired) electrons. The van der Waals surface area contributed by atoms with Gasteiger partial charge in [-0.25, -0.2) is 8.78 Å². The first kappa shape index (κ1) is 19.5. The molecule has 4 aromatic carbocycles. The van der Waals surface area contributed by atoms with Crippen molar-refractivity contribution in [3.63, 3.8) is 0 Å². The van der Waals surface area contributed by atoms with Crippen LogP contribution in [0.3, 0.4) is 0 Å². The molecule has 1 aliphatic rings. The van der Waals surface area contributed by atoms with Gasteiger partial charge in [-0.2, -0.15) is 0 Å². The topological polar surface area (TPSA) is 9.86 Å². The predicted molar refractivity (Wildman–Crippen MR) is 134 cm³/mol. The van der Waals surface area contributed by atoms with E-state index in [4.69, 9.17) is 0 Å². The number of aromatic nitrogens is 2. The normalized spacial score (nSPS) is 13.7. The van der Waals surface area contributed by atoms with Crippen LogP contribution in [0, 0.1) is 11.6 Å². The van der Waals surface area contributed by atoms with E-state index in [1.165, 1.54) is 51.7 Å². The molecule has 0 N–H and O–H groups in total. The summed E-state index contributed by atoms with van der Waals surface area (Å²) in [7, 11) is 0. The van der Waals surface area contributed by atoms with Crippen molar-refractivity contribution in [1.29, 1.82) is 0 Å². The Morgan fingerprint density at radius 2 is 1.21 bits per heavy atom. The van der Waals surface area contributed by atoms with Crippen LogP contribution >= 0.6 is 0 Å². The van der Waals surface area contributed by atoms with Crippen LogP contribution in [-0.2, 0) is 12.8 Å². The predicted octanol–water partition coefficient (Wildman–Crippen LogP) is 7.88. The average molecular weight is 449 g/mol. The third kappa shape index (κ3) is 2.72. The Morgan fingerprint density at radius 3 is 1.94 bits per heavy atom. The maximum absolute atomic E-state index is 13.8. The SMILES string of the molecule is Fc1ccc(-n2c3c(c4c2ccc2c5ccccc5n(-c5ccc(F)cc5)c24)CCCC3)cc1. The molecule has 34 heavy (non-hydrogen) atoms. The molecular weight excluding hydrogens is 426 g/mol. The second-order valence-corrected chi connectivity index (χ2v) is 9.13. The van der Waals surface area contributed by atoms with Crippen LogP contribution < -0.4 is 0 Å². The van der Waals surface area contributed by atoms with E-state index in [-0.39, 0.29) is 11.6 Å². The molecule has 0 aliphatic heterocycles. The second-order valence-electron chi connectivity index (χ2n) is 9.13. The number of halogens is 2. The van der Waals surface area contributed by atoms with Crippen molar-refractivity contribution < 1.29 is 8.78 Å². The Hall–Kier alpha value is -3.92. The quantitative estimate of drug-likeness (QED) is 0.255. The van der Waals surface area contributed by atoms with Crippen molar-refractivity contribution >= 4 is 32.7 Å². The number of hydrogen-bond acceptors (Lipinski definition) is 0. The molecular formula is C30H22F2N2. The number of hydrogen-bond donors (Lipinski definition) is 0. The highest BCUT2D eigenvalue weighted by Gasteiger charge is 2.25. The molecule has 0 saturated carbocycles. The molecule has 2 nitrogen and oxygen atoms in total. The summed E-state index contributed by atoms with van der Waals surface area (Å²) < 4.78 is 32.1. The molecule has 0 spiro atoms. The number of fused-ring (bicyclic) bond motifs is 7. The Morgan fingerprint density at radius 1 is 0.559 bits per heavy atom. The van der Waals surface area contributed by atoms with E-state index in [0.717, 1.165) is 53.6 Å². The molecule has 0 bridgehead atoms. The van der Waals surface area contributed by atoms with E-state index in [0.29, 0.717) is 0 Å². The maximum atomic E-state index is 13.8. The molecule has 7 rings (SSSR count). The van der Waals surface area contributed by atoms with E-state index in [1.807, 2.05) is 24.3 Å². The minimum atomic E-state index is -0.241. The maximum Gasteiger partial charge on any atom is 0.123 e. The van der Waals surface area contributed by atoms with Gasteiger partial charge in [0.2, 0.25) is 0 Å². The van der Waals surface area contributed by atoms with Crippen LogP contribution in [0.15, 0.2) is 84.9 Å². The Kier molecular flexibility index (Phi) is 4.19. The van der Waals surface area contributed by atoms with Crippen molar-refractivity contribution in [3.8, 4) is 11.4 Å². The van der Waals surface area contributed by atoms with Gasteiger partial charge >= 0.3 is 0 Å². The van der Waals surface area contributed by atoms with Gasteiger partial charge in [-0.1, -0.05) is 24.3 Å². The van der Waals surface area contributed by atoms with Crippen molar-refractivity contribution in [2.24, 2.45) is 0 Å². The number of aryl methyl sites for hydroxylation is 1. The monoisotopic (exact) mass is 448 g/mol. The summed E-state index contributed by atoms with van der Waals surface area (Å²) in [6, 6.07) is 26.4. The number of rotatable bonds is 2. The molecule has 1 aliphatic carbocycles. The van der Waals surface area contributed by atoms with E-state index < -0.39 is 0 Å². The molecule has 4 heteroatoms. The van der Waals surface area contributed by atoms with Crippen molar-refractivity contribution in [1.82, 2.24) is 9.13 Å². The van der Waals surface area contributed by atoms with Gasteiger partial charge in [-0.3, -0.25) is 0 Å². The summed E-state index contributed by atoms with van der Waals surface area (Å²) in [5.74, 6) is -0.470. The summed E-state index contributed by atoms with van der Waals surface area (Å²) >= 11 is 0. The molecule has 2 heterocycles. The lowest BCUT2D eigenvalue weighted by Gasteiger charge is -2.16. The van der Waals surface area contributed by atoms with Gasteiger partial charge in [0.25, 0.3) is 0 Å². The molecule has 2 aromatic heterocycles. The molecule has 0 fully saturated rings. The summed E-state index contributed by atoms with van der Waals surface area (Å²) in [5.41, 5.74) is 8.02. The summed E-state index contributed by atoms with van der Waals surface area (Å²) in [4.78, 5) is 0. The lowest BCUT2D eigenvalue weighted by molar-refractivity contribution is 0.626. The number of benzene rings is 4. The molecule has 166 valence electrons. The molecule has 6 aromatic rings. The zero-order chi connectivity index (χ0) is 22.8. The van der Waals surface area contributed by atoms with Crippen molar-refractivity contribution in [2.75, 3.05) is 0 Å². The average Bonchev–Trinajstić information content (AvgIpc) is 3.38. The first-order valence-corrected chi connectivity index (χ1v) is 11.8. The fraction of sp³-hybridized carbons (Fsp3) is 0.133. The summed E-state index contributed by atoms with van der Waals surface area (Å²) in [5, 5.41) is 3.62. The molecule has 0 amide bonds. The van der Waals surface area contributed by atoms with Crippen LogP contribution in [-0.4, -0.2) is 9.13 Å². The summed E-state index contributed by atoms with van der Waals surface area (Å²) in [6.07, 6.45) is 4.32. The van der Waals surface area contributed by atoms with Gasteiger partial charge in [-0.15, -0.1) is 0 Å².